The molecular formula is C24H26F4N4O4. The van der Waals surface area contributed by atoms with Crippen molar-refractivity contribution in [2.24, 2.45) is 0 Å². The monoisotopic (exact) mass is 510 g/mol. The molecule has 1 aliphatic heterocycles. The standard InChI is InChI=1S/C24H26F4N4O4/c1-12(16-6-14(29)7-18(22(16)25)24(26,27)28)30-23-17-8-21(36-11-15-10-34-4-5-35-15)20(33-3)9-19(17)31-13(2)32-23/h6-9,12,15H,4-5,10-11,29H2,1-3H3,(H,30,31,32)/t12-,15-/m1/s1. The number of nitrogens with one attached hydrogen (secondary N) is 1. The van der Waals surface area contributed by atoms with Gasteiger partial charge in [0, 0.05) is 22.7 Å². The Morgan fingerprint density at radius 1 is 1.17 bits per heavy atom. The van der Waals surface area contributed by atoms with Gasteiger partial charge in [0.2, 0.25) is 0 Å². The molecule has 1 aromatic heterocycles. The van der Waals surface area contributed by atoms with Gasteiger partial charge < -0.3 is 30.0 Å². The molecule has 1 saturated heterocycles. The number of rotatable bonds is 7. The summed E-state index contributed by atoms with van der Waals surface area (Å²) in [5.74, 6) is 0.0897. The van der Waals surface area contributed by atoms with Crippen molar-refractivity contribution >= 4 is 22.4 Å². The first-order valence-electron chi connectivity index (χ1n) is 11.2. The number of aryl methyl sites for hydroxylation is 1. The maximum Gasteiger partial charge on any atom is 0.419 e. The van der Waals surface area contributed by atoms with Gasteiger partial charge in [-0.2, -0.15) is 13.2 Å². The fourth-order valence-corrected chi connectivity index (χ4v) is 3.92. The SMILES string of the molecule is COc1cc2nc(C)nc(N[C@H](C)c3cc(N)cc(C(F)(F)F)c3F)c2cc1OC[C@H]1COCCO1. The lowest BCUT2D eigenvalue weighted by Gasteiger charge is -2.23. The molecular weight excluding hydrogens is 484 g/mol. The second-order valence-electron chi connectivity index (χ2n) is 8.35. The Labute approximate surface area is 204 Å². The Morgan fingerprint density at radius 2 is 1.94 bits per heavy atom. The molecule has 0 unspecified atom stereocenters. The first kappa shape index (κ1) is 25.7. The molecule has 0 saturated carbocycles. The van der Waals surface area contributed by atoms with Crippen LogP contribution in [0.3, 0.4) is 0 Å². The van der Waals surface area contributed by atoms with Gasteiger partial charge in [-0.3, -0.25) is 0 Å². The number of aromatic nitrogens is 2. The predicted molar refractivity (Wildman–Crippen MR) is 125 cm³/mol. The molecule has 3 N–H and O–H groups in total. The van der Waals surface area contributed by atoms with E-state index in [1.165, 1.54) is 20.1 Å². The van der Waals surface area contributed by atoms with Gasteiger partial charge in [0.05, 0.1) is 44.1 Å². The van der Waals surface area contributed by atoms with Gasteiger partial charge in [0.25, 0.3) is 0 Å². The van der Waals surface area contributed by atoms with E-state index in [1.807, 2.05) is 0 Å². The summed E-state index contributed by atoms with van der Waals surface area (Å²) in [7, 11) is 1.49. The molecule has 2 aromatic carbocycles. The maximum atomic E-state index is 14.8. The molecule has 3 aromatic rings. The van der Waals surface area contributed by atoms with Crippen LogP contribution in [-0.2, 0) is 15.7 Å². The number of hydrogen-bond acceptors (Lipinski definition) is 8. The smallest absolute Gasteiger partial charge is 0.419 e. The summed E-state index contributed by atoms with van der Waals surface area (Å²) >= 11 is 0. The fraction of sp³-hybridized carbons (Fsp3) is 0.417. The third kappa shape index (κ3) is 5.54. The van der Waals surface area contributed by atoms with Crippen LogP contribution in [0.25, 0.3) is 10.9 Å². The number of nitrogens with zero attached hydrogens (tertiary/aromatic N) is 2. The van der Waals surface area contributed by atoms with Crippen molar-refractivity contribution < 1.29 is 36.5 Å². The van der Waals surface area contributed by atoms with Crippen molar-refractivity contribution in [1.82, 2.24) is 9.97 Å². The normalized spacial score (nSPS) is 17.1. The Hall–Kier alpha value is -3.38. The second-order valence-corrected chi connectivity index (χ2v) is 8.35. The number of anilines is 2. The van der Waals surface area contributed by atoms with Crippen LogP contribution in [-0.4, -0.2) is 49.6 Å². The van der Waals surface area contributed by atoms with Crippen LogP contribution in [0, 0.1) is 12.7 Å². The van der Waals surface area contributed by atoms with Gasteiger partial charge >= 0.3 is 6.18 Å². The van der Waals surface area contributed by atoms with Gasteiger partial charge in [-0.25, -0.2) is 14.4 Å². The Morgan fingerprint density at radius 3 is 2.61 bits per heavy atom. The van der Waals surface area contributed by atoms with Gasteiger partial charge in [0.1, 0.15) is 30.2 Å². The Bertz CT molecular complexity index is 1250. The molecule has 12 heteroatoms. The average Bonchev–Trinajstić information content (AvgIpc) is 2.83. The van der Waals surface area contributed by atoms with E-state index in [4.69, 9.17) is 24.7 Å². The molecule has 2 heterocycles. The first-order valence-corrected chi connectivity index (χ1v) is 11.2. The van der Waals surface area contributed by atoms with Gasteiger partial charge in [-0.15, -0.1) is 0 Å². The first-order chi connectivity index (χ1) is 17.1. The van der Waals surface area contributed by atoms with Gasteiger partial charge in [-0.1, -0.05) is 0 Å². The fourth-order valence-electron chi connectivity index (χ4n) is 3.92. The number of halogens is 4. The molecule has 1 aliphatic rings. The number of ether oxygens (including phenoxy) is 4. The number of hydrogen-bond donors (Lipinski definition) is 2. The highest BCUT2D eigenvalue weighted by atomic mass is 19.4. The van der Waals surface area contributed by atoms with Gasteiger partial charge in [0.15, 0.2) is 11.5 Å². The van der Waals surface area contributed by atoms with E-state index in [0.29, 0.717) is 54.1 Å². The van der Waals surface area contributed by atoms with E-state index < -0.39 is 23.6 Å². The largest absolute Gasteiger partial charge is 0.493 e. The molecule has 0 radical (unpaired) electrons. The number of nitrogens with two attached hydrogens (primary N) is 1. The predicted octanol–water partition coefficient (Wildman–Crippen LogP) is 4.65. The van der Waals surface area contributed by atoms with Crippen molar-refractivity contribution in [2.75, 3.05) is 44.6 Å². The summed E-state index contributed by atoms with van der Waals surface area (Å²) in [5, 5.41) is 3.51. The van der Waals surface area contributed by atoms with Crippen LogP contribution in [0.1, 0.15) is 29.9 Å². The molecule has 8 nitrogen and oxygen atoms in total. The van der Waals surface area contributed by atoms with Crippen LogP contribution in [0.4, 0.5) is 29.1 Å². The van der Waals surface area contributed by atoms with Crippen molar-refractivity contribution in [3.63, 3.8) is 0 Å². The highest BCUT2D eigenvalue weighted by molar-refractivity contribution is 5.92. The van der Waals surface area contributed by atoms with E-state index in [-0.39, 0.29) is 29.8 Å². The lowest BCUT2D eigenvalue weighted by atomic mass is 10.0. The number of nitrogen functional groups attached to an aromatic ring is 1. The van der Waals surface area contributed by atoms with Crippen LogP contribution >= 0.6 is 0 Å². The Kier molecular flexibility index (Phi) is 7.36. The number of benzene rings is 2. The minimum atomic E-state index is -4.89. The summed E-state index contributed by atoms with van der Waals surface area (Å²) in [6.45, 7) is 4.78. The van der Waals surface area contributed by atoms with E-state index in [9.17, 15) is 17.6 Å². The summed E-state index contributed by atoms with van der Waals surface area (Å²) in [4.78, 5) is 8.82. The molecule has 2 atom stereocenters. The molecule has 36 heavy (non-hydrogen) atoms. The minimum absolute atomic E-state index is 0.203. The van der Waals surface area contributed by atoms with Crippen molar-refractivity contribution in [2.45, 2.75) is 32.2 Å². The lowest BCUT2D eigenvalue weighted by Crippen LogP contribution is -2.33. The summed E-state index contributed by atoms with van der Waals surface area (Å²) in [6, 6.07) is 4.15. The summed E-state index contributed by atoms with van der Waals surface area (Å²) < 4.78 is 77.1. The highest BCUT2D eigenvalue weighted by Crippen LogP contribution is 2.38. The molecule has 4 rings (SSSR count). The van der Waals surface area contributed by atoms with Crippen LogP contribution in [0.2, 0.25) is 0 Å². The lowest BCUT2D eigenvalue weighted by molar-refractivity contribution is -0.140. The zero-order chi connectivity index (χ0) is 26.0. The van der Waals surface area contributed by atoms with Crippen LogP contribution < -0.4 is 20.5 Å². The summed E-state index contributed by atoms with van der Waals surface area (Å²) in [6.07, 6.45) is -5.14. The molecule has 0 bridgehead atoms. The third-order valence-corrected chi connectivity index (χ3v) is 5.65. The summed E-state index contributed by atoms with van der Waals surface area (Å²) in [5.41, 5.74) is 4.28. The number of methoxy groups -OCH3 is 1. The molecule has 0 aliphatic carbocycles. The van der Waals surface area contributed by atoms with Crippen molar-refractivity contribution in [3.05, 3.63) is 47.0 Å². The van der Waals surface area contributed by atoms with E-state index in [0.717, 1.165) is 0 Å². The maximum absolute atomic E-state index is 14.8. The van der Waals surface area contributed by atoms with Gasteiger partial charge in [-0.05, 0) is 32.0 Å². The van der Waals surface area contributed by atoms with Crippen LogP contribution in [0.5, 0.6) is 11.5 Å². The topological polar surface area (TPSA) is 101 Å². The Balaban J connectivity index is 1.69. The zero-order valence-electron chi connectivity index (χ0n) is 19.9. The van der Waals surface area contributed by atoms with E-state index in [1.54, 1.807) is 19.1 Å². The van der Waals surface area contributed by atoms with Crippen molar-refractivity contribution in [1.29, 1.82) is 0 Å². The minimum Gasteiger partial charge on any atom is -0.493 e. The quantitative estimate of drug-likeness (QED) is 0.350. The van der Waals surface area contributed by atoms with Crippen LogP contribution in [0.15, 0.2) is 24.3 Å². The zero-order valence-corrected chi connectivity index (χ0v) is 19.9. The number of alkyl halides is 3. The van der Waals surface area contributed by atoms with E-state index >= 15 is 0 Å². The molecule has 194 valence electrons. The number of fused-ring (bicyclic) bond motifs is 1. The van der Waals surface area contributed by atoms with Crippen molar-refractivity contribution in [3.8, 4) is 11.5 Å². The highest BCUT2D eigenvalue weighted by Gasteiger charge is 2.36. The van der Waals surface area contributed by atoms with E-state index in [2.05, 4.69) is 15.3 Å². The molecule has 0 amide bonds. The average molecular weight is 510 g/mol. The molecule has 1 fully saturated rings. The third-order valence-electron chi connectivity index (χ3n) is 5.65. The second kappa shape index (κ2) is 10.3. The molecule has 0 spiro atoms.